The van der Waals surface area contributed by atoms with Gasteiger partial charge in [-0.25, -0.2) is 0 Å². The molecule has 7 heteroatoms. The van der Waals surface area contributed by atoms with Gasteiger partial charge in [-0.05, 0) is 181 Å². The summed E-state index contributed by atoms with van der Waals surface area (Å²) in [6.07, 6.45) is 0.938. The molecule has 21 rings (SSSR count). The zero-order valence-corrected chi connectivity index (χ0v) is 55.4. The van der Waals surface area contributed by atoms with Crippen LogP contribution in [0.1, 0.15) is 23.6 Å². The molecule has 15 aromatic carbocycles. The Kier molecular flexibility index (Phi) is 12.2. The lowest BCUT2D eigenvalue weighted by Gasteiger charge is -2.21. The quantitative estimate of drug-likeness (QED) is 0.142. The molecular formula is C94H61N7. The van der Waals surface area contributed by atoms with E-state index in [4.69, 9.17) is 0 Å². The fourth-order valence-corrected chi connectivity index (χ4v) is 17.3. The van der Waals surface area contributed by atoms with E-state index in [1.807, 2.05) is 6.07 Å². The smallest absolute Gasteiger partial charge is 0.0998 e. The highest BCUT2D eigenvalue weighted by Gasteiger charge is 2.27. The van der Waals surface area contributed by atoms with Crippen molar-refractivity contribution in [2.24, 2.45) is 0 Å². The molecule has 101 heavy (non-hydrogen) atoms. The van der Waals surface area contributed by atoms with Crippen LogP contribution in [0.4, 0.5) is 0 Å². The number of nitriles is 1. The molecule has 0 aliphatic carbocycles. The summed E-state index contributed by atoms with van der Waals surface area (Å²) in [4.78, 5) is 0. The van der Waals surface area contributed by atoms with Gasteiger partial charge >= 0.3 is 0 Å². The summed E-state index contributed by atoms with van der Waals surface area (Å²) >= 11 is 0. The summed E-state index contributed by atoms with van der Waals surface area (Å²) in [5.74, 6) is 0. The second kappa shape index (κ2) is 21.8. The molecule has 6 heterocycles. The first-order valence-corrected chi connectivity index (χ1v) is 34.9. The van der Waals surface area contributed by atoms with Crippen LogP contribution in [0.15, 0.2) is 322 Å². The topological polar surface area (TPSA) is 53.4 Å². The molecular weight excluding hydrogens is 1230 g/mol. The number of fused-ring (bicyclic) bond motifs is 18. The molecule has 6 aromatic heterocycles. The van der Waals surface area contributed by atoms with Crippen LogP contribution in [-0.4, -0.2) is 27.4 Å². The number of para-hydroxylation sites is 8. The number of hydrogen-bond acceptors (Lipinski definition) is 1. The minimum Gasteiger partial charge on any atom is -0.309 e. The maximum absolute atomic E-state index is 12.0. The Morgan fingerprint density at radius 1 is 0.257 bits per heavy atom. The van der Waals surface area contributed by atoms with Gasteiger partial charge < -0.3 is 27.4 Å². The molecule has 0 atom stereocenters. The fraction of sp³-hybridized carbons (Fsp3) is 0.0319. The lowest BCUT2D eigenvalue weighted by Crippen LogP contribution is -2.04. The van der Waals surface area contributed by atoms with E-state index >= 15 is 0 Å². The summed E-state index contributed by atoms with van der Waals surface area (Å²) in [6, 6.07) is 121. The van der Waals surface area contributed by atoms with Crippen molar-refractivity contribution >= 4 is 131 Å². The van der Waals surface area contributed by atoms with Crippen LogP contribution in [0.5, 0.6) is 0 Å². The molecule has 0 saturated heterocycles. The number of aryl methyl sites for hydroxylation is 2. The zero-order chi connectivity index (χ0) is 66.7. The van der Waals surface area contributed by atoms with E-state index in [0.29, 0.717) is 5.56 Å². The van der Waals surface area contributed by atoms with Gasteiger partial charge in [-0.15, -0.1) is 0 Å². The van der Waals surface area contributed by atoms with E-state index in [0.717, 1.165) is 151 Å². The SMILES string of the molecule is CCc1ccc(-c2ccc(-n3c4ccc(-n5c6ccccc6c6ccccc65)cc4c4cc(-n5c6ccccc6c6ccccc65)ccc43)c(-c3c(C#N)cccc3-n3c4ccc(-n5c6ccccc6c6ccccc65)cc4c4cc(-n5c6ccccc6c6ccccc65)ccc43)c2)c(C)c1. The second-order valence-electron chi connectivity index (χ2n) is 27.0. The molecule has 0 spiro atoms. The monoisotopic (exact) mass is 1290 g/mol. The normalized spacial score (nSPS) is 12.1. The lowest BCUT2D eigenvalue weighted by atomic mass is 9.91. The van der Waals surface area contributed by atoms with Gasteiger partial charge in [0.25, 0.3) is 0 Å². The Bertz CT molecular complexity index is 6610. The first-order chi connectivity index (χ1) is 50.0. The van der Waals surface area contributed by atoms with E-state index in [2.05, 4.69) is 363 Å². The molecule has 0 aliphatic rings. The molecule has 7 nitrogen and oxygen atoms in total. The largest absolute Gasteiger partial charge is 0.309 e. The maximum atomic E-state index is 12.0. The van der Waals surface area contributed by atoms with Crippen molar-refractivity contribution in [3.8, 4) is 62.4 Å². The van der Waals surface area contributed by atoms with Gasteiger partial charge in [0.2, 0.25) is 0 Å². The molecule has 0 bridgehead atoms. The Morgan fingerprint density at radius 3 is 0.891 bits per heavy atom. The Morgan fingerprint density at radius 2 is 0.574 bits per heavy atom. The van der Waals surface area contributed by atoms with Crippen molar-refractivity contribution in [1.29, 1.82) is 5.26 Å². The third-order valence-electron chi connectivity index (χ3n) is 21.7. The second-order valence-corrected chi connectivity index (χ2v) is 27.0. The molecule has 472 valence electrons. The number of benzene rings is 15. The summed E-state index contributed by atoms with van der Waals surface area (Å²) in [5, 5.41) is 26.1. The first-order valence-electron chi connectivity index (χ1n) is 34.9. The molecule has 0 amide bonds. The van der Waals surface area contributed by atoms with Gasteiger partial charge in [0.15, 0.2) is 0 Å². The predicted octanol–water partition coefficient (Wildman–Crippen LogP) is 24.3. The van der Waals surface area contributed by atoms with Crippen molar-refractivity contribution in [3.05, 3.63) is 338 Å². The van der Waals surface area contributed by atoms with Crippen molar-refractivity contribution in [2.75, 3.05) is 0 Å². The van der Waals surface area contributed by atoms with E-state index in [9.17, 15) is 5.26 Å². The van der Waals surface area contributed by atoms with Crippen LogP contribution < -0.4 is 0 Å². The van der Waals surface area contributed by atoms with Crippen LogP contribution in [-0.2, 0) is 6.42 Å². The number of rotatable bonds is 9. The van der Waals surface area contributed by atoms with E-state index in [1.54, 1.807) is 0 Å². The summed E-state index contributed by atoms with van der Waals surface area (Å²) in [7, 11) is 0. The zero-order valence-electron chi connectivity index (χ0n) is 55.4. The lowest BCUT2D eigenvalue weighted by molar-refractivity contribution is 1.13. The molecule has 0 aliphatic heterocycles. The average molecular weight is 1290 g/mol. The van der Waals surface area contributed by atoms with Crippen LogP contribution >= 0.6 is 0 Å². The van der Waals surface area contributed by atoms with Gasteiger partial charge in [0.05, 0.1) is 89.2 Å². The van der Waals surface area contributed by atoms with E-state index in [-0.39, 0.29) is 0 Å². The van der Waals surface area contributed by atoms with Crippen molar-refractivity contribution in [1.82, 2.24) is 27.4 Å². The van der Waals surface area contributed by atoms with Crippen LogP contribution in [0, 0.1) is 18.3 Å². The van der Waals surface area contributed by atoms with Gasteiger partial charge in [-0.2, -0.15) is 5.26 Å². The van der Waals surface area contributed by atoms with Gasteiger partial charge in [-0.3, -0.25) is 0 Å². The first kappa shape index (κ1) is 56.7. The minimum absolute atomic E-state index is 0.570. The molecule has 0 saturated carbocycles. The summed E-state index contributed by atoms with van der Waals surface area (Å²) in [5.41, 5.74) is 26.5. The summed E-state index contributed by atoms with van der Waals surface area (Å²) < 4.78 is 14.6. The van der Waals surface area contributed by atoms with E-state index in [1.165, 1.54) is 54.2 Å². The minimum atomic E-state index is 0.570. The fourth-order valence-electron chi connectivity index (χ4n) is 17.3. The molecule has 21 aromatic rings. The standard InChI is InChI=1S/C94H61N7/c1-3-59-39-45-66(58(2)51-59)60-40-46-92(100-88-47-41-62(96-80-30-12-4-22-67(80)68-23-5-13-31-81(68)96)53-75(88)76-54-63(42-48-89(76)100)97-82-32-14-6-24-69(82)70-25-7-15-33-83(70)97)79(52-60)94-61(57-95)21-20-38-93(94)101-90-49-43-64(98-84-34-16-8-26-71(84)72-27-9-17-35-85(72)98)55-77(90)78-56-65(44-50-91(78)101)99-86-36-18-10-28-73(86)74-29-11-19-37-87(74)99/h4-56H,3H2,1-2H3. The number of aromatic nitrogens is 6. The van der Waals surface area contributed by atoms with Crippen LogP contribution in [0.3, 0.4) is 0 Å². The highest BCUT2D eigenvalue weighted by atomic mass is 15.0. The van der Waals surface area contributed by atoms with Crippen molar-refractivity contribution in [2.45, 2.75) is 20.3 Å². The highest BCUT2D eigenvalue weighted by Crippen LogP contribution is 2.47. The van der Waals surface area contributed by atoms with Crippen LogP contribution in [0.2, 0.25) is 0 Å². The van der Waals surface area contributed by atoms with E-state index < -0.39 is 0 Å². The van der Waals surface area contributed by atoms with Gasteiger partial charge in [0, 0.05) is 98.5 Å². The van der Waals surface area contributed by atoms with Crippen molar-refractivity contribution < 1.29 is 0 Å². The third kappa shape index (κ3) is 8.22. The predicted molar refractivity (Wildman–Crippen MR) is 422 cm³/mol. The van der Waals surface area contributed by atoms with Gasteiger partial charge in [0.1, 0.15) is 0 Å². The Hall–Kier alpha value is -13.4. The Labute approximate surface area is 580 Å². The molecule has 0 unspecified atom stereocenters. The van der Waals surface area contributed by atoms with Gasteiger partial charge in [-0.1, -0.05) is 183 Å². The number of nitrogens with zero attached hydrogens (tertiary/aromatic N) is 7. The van der Waals surface area contributed by atoms with Crippen molar-refractivity contribution in [3.63, 3.8) is 0 Å². The molecule has 0 radical (unpaired) electrons. The third-order valence-corrected chi connectivity index (χ3v) is 21.7. The molecule has 0 N–H and O–H groups in total. The maximum Gasteiger partial charge on any atom is 0.0998 e. The highest BCUT2D eigenvalue weighted by molar-refractivity contribution is 6.17. The Balaban J connectivity index is 0.861. The average Bonchev–Trinajstić information content (AvgIpc) is 1.60. The number of hydrogen-bond donors (Lipinski definition) is 0. The molecule has 0 fully saturated rings. The van der Waals surface area contributed by atoms with Crippen LogP contribution in [0.25, 0.3) is 187 Å². The summed E-state index contributed by atoms with van der Waals surface area (Å²) in [6.45, 7) is 4.45.